The largest absolute Gasteiger partial charge is 0.0689 e. The van der Waals surface area contributed by atoms with Gasteiger partial charge in [-0.15, -0.1) is 0 Å². The molecule has 1 aliphatic heterocycles. The van der Waals surface area contributed by atoms with Gasteiger partial charge in [0.25, 0.3) is 0 Å². The van der Waals surface area contributed by atoms with Crippen molar-refractivity contribution in [2.45, 2.75) is 44.4 Å². The summed E-state index contributed by atoms with van der Waals surface area (Å²) in [6.07, 6.45) is 8.58. The predicted molar refractivity (Wildman–Crippen MR) is 99.3 cm³/mol. The first-order valence-electron chi connectivity index (χ1n) is 8.40. The van der Waals surface area contributed by atoms with Gasteiger partial charge < -0.3 is 0 Å². The third kappa shape index (κ3) is 2.34. The monoisotopic (exact) mass is 306 g/mol. The summed E-state index contributed by atoms with van der Waals surface area (Å²) in [7, 11) is -0.0164. The number of fused-ring (bicyclic) bond motifs is 2. The molecule has 0 spiro atoms. The third-order valence-electron chi connectivity index (χ3n) is 5.27. The number of hydrogen-bond acceptors (Lipinski definition) is 0. The fraction of sp³-hybridized carbons (Fsp3) is 0.333. The van der Waals surface area contributed by atoms with Crippen LogP contribution >= 0.6 is 7.92 Å². The van der Waals surface area contributed by atoms with Crippen molar-refractivity contribution in [2.75, 3.05) is 0 Å². The van der Waals surface area contributed by atoms with E-state index in [1.807, 2.05) is 0 Å². The summed E-state index contributed by atoms with van der Waals surface area (Å²) in [5, 5.41) is 1.65. The van der Waals surface area contributed by atoms with Gasteiger partial charge in [-0.1, -0.05) is 76.4 Å². The van der Waals surface area contributed by atoms with Crippen molar-refractivity contribution in [3.63, 3.8) is 0 Å². The van der Waals surface area contributed by atoms with Crippen molar-refractivity contribution in [1.82, 2.24) is 0 Å². The van der Waals surface area contributed by atoms with Gasteiger partial charge in [-0.2, -0.15) is 0 Å². The van der Waals surface area contributed by atoms with Crippen molar-refractivity contribution in [3.8, 4) is 0 Å². The summed E-state index contributed by atoms with van der Waals surface area (Å²) in [6.45, 7) is 4.92. The lowest BCUT2D eigenvalue weighted by Crippen LogP contribution is -2.15. The summed E-state index contributed by atoms with van der Waals surface area (Å²) in [5.41, 5.74) is 7.60. The van der Waals surface area contributed by atoms with Crippen LogP contribution in [0.5, 0.6) is 0 Å². The molecule has 0 bridgehead atoms. The van der Waals surface area contributed by atoms with E-state index in [0.29, 0.717) is 0 Å². The van der Waals surface area contributed by atoms with E-state index in [-0.39, 0.29) is 7.92 Å². The lowest BCUT2D eigenvalue weighted by molar-refractivity contribution is 0.777. The van der Waals surface area contributed by atoms with Crippen LogP contribution in [0, 0.1) is 0 Å². The highest BCUT2D eigenvalue weighted by molar-refractivity contribution is 7.67. The molecule has 0 saturated carbocycles. The molecule has 2 atom stereocenters. The zero-order valence-corrected chi connectivity index (χ0v) is 14.3. The van der Waals surface area contributed by atoms with Crippen LogP contribution in [-0.4, -0.2) is 11.3 Å². The number of rotatable bonds is 1. The topological polar surface area (TPSA) is 0 Å². The Morgan fingerprint density at radius 2 is 1.55 bits per heavy atom. The average Bonchev–Trinajstić information content (AvgIpc) is 2.75. The second-order valence-corrected chi connectivity index (χ2v) is 9.80. The molecule has 0 nitrogen and oxygen atoms in total. The van der Waals surface area contributed by atoms with Gasteiger partial charge in [0.15, 0.2) is 0 Å². The molecule has 2 aliphatic rings. The Hall–Kier alpha value is -1.39. The molecule has 0 radical (unpaired) electrons. The lowest BCUT2D eigenvalue weighted by Gasteiger charge is -2.24. The number of benzene rings is 2. The van der Waals surface area contributed by atoms with Crippen molar-refractivity contribution in [3.05, 3.63) is 64.7 Å². The van der Waals surface area contributed by atoms with Gasteiger partial charge in [-0.25, -0.2) is 0 Å². The molecule has 0 N–H and O–H groups in total. The molecule has 1 aliphatic carbocycles. The summed E-state index contributed by atoms with van der Waals surface area (Å²) < 4.78 is 0. The molecule has 0 amide bonds. The summed E-state index contributed by atoms with van der Waals surface area (Å²) in [4.78, 5) is 0. The SMILES string of the molecule is C[C@H]1CC[C@H](C)P1c1cccc2c1C=Cc1ccccc1C2. The molecular weight excluding hydrogens is 283 g/mol. The lowest BCUT2D eigenvalue weighted by atomic mass is 10.00. The van der Waals surface area contributed by atoms with Crippen LogP contribution in [0.25, 0.3) is 12.2 Å². The average molecular weight is 306 g/mol. The van der Waals surface area contributed by atoms with Gasteiger partial charge >= 0.3 is 0 Å². The van der Waals surface area contributed by atoms with Crippen LogP contribution in [-0.2, 0) is 6.42 Å². The maximum Gasteiger partial charge on any atom is -0.00137 e. The first kappa shape index (κ1) is 14.2. The summed E-state index contributed by atoms with van der Waals surface area (Å²) >= 11 is 0. The van der Waals surface area contributed by atoms with E-state index >= 15 is 0 Å². The van der Waals surface area contributed by atoms with Crippen LogP contribution in [0.1, 0.15) is 48.9 Å². The zero-order chi connectivity index (χ0) is 15.1. The van der Waals surface area contributed by atoms with Crippen molar-refractivity contribution < 1.29 is 0 Å². The predicted octanol–water partition coefficient (Wildman–Crippen LogP) is 5.44. The van der Waals surface area contributed by atoms with Crippen LogP contribution in [0.4, 0.5) is 0 Å². The minimum Gasteiger partial charge on any atom is -0.0689 e. The second kappa shape index (κ2) is 5.67. The van der Waals surface area contributed by atoms with E-state index in [2.05, 4.69) is 68.5 Å². The Morgan fingerprint density at radius 1 is 0.818 bits per heavy atom. The van der Waals surface area contributed by atoms with Crippen molar-refractivity contribution >= 4 is 25.4 Å². The molecule has 0 unspecified atom stereocenters. The van der Waals surface area contributed by atoms with E-state index in [0.717, 1.165) is 17.7 Å². The van der Waals surface area contributed by atoms with Crippen LogP contribution in [0.3, 0.4) is 0 Å². The fourth-order valence-electron chi connectivity index (χ4n) is 4.08. The Labute approximate surface area is 135 Å². The van der Waals surface area contributed by atoms with E-state index in [1.54, 1.807) is 5.30 Å². The zero-order valence-electron chi connectivity index (χ0n) is 13.4. The maximum absolute atomic E-state index is 2.46. The quantitative estimate of drug-likeness (QED) is 0.525. The Morgan fingerprint density at radius 3 is 2.36 bits per heavy atom. The van der Waals surface area contributed by atoms with Gasteiger partial charge in [0, 0.05) is 0 Å². The molecule has 22 heavy (non-hydrogen) atoms. The van der Waals surface area contributed by atoms with Gasteiger partial charge in [-0.3, -0.25) is 0 Å². The van der Waals surface area contributed by atoms with Gasteiger partial charge in [0.1, 0.15) is 0 Å². The third-order valence-corrected chi connectivity index (χ3v) is 8.63. The molecule has 1 heteroatoms. The van der Waals surface area contributed by atoms with Crippen LogP contribution in [0.15, 0.2) is 42.5 Å². The molecule has 2 aromatic carbocycles. The molecule has 1 saturated heterocycles. The highest BCUT2D eigenvalue weighted by atomic mass is 31.1. The Bertz CT molecular complexity index is 718. The first-order chi connectivity index (χ1) is 10.7. The van der Waals surface area contributed by atoms with Gasteiger partial charge in [0.2, 0.25) is 0 Å². The smallest absolute Gasteiger partial charge is 0.00137 e. The number of hydrogen-bond donors (Lipinski definition) is 0. The summed E-state index contributed by atoms with van der Waals surface area (Å²) in [5.74, 6) is 0. The minimum atomic E-state index is -0.0164. The molecule has 4 rings (SSSR count). The standard InChI is InChI=1S/C21H23P/c1-15-10-11-16(2)22(15)21-9-5-8-19-14-18-7-4-3-6-17(18)12-13-20(19)21/h3-9,12-13,15-16H,10-11,14H2,1-2H3/t15-,16-/m0/s1. The molecule has 1 heterocycles. The second-order valence-electron chi connectivity index (χ2n) is 6.74. The summed E-state index contributed by atoms with van der Waals surface area (Å²) in [6, 6.07) is 15.8. The van der Waals surface area contributed by atoms with E-state index in [1.165, 1.54) is 35.1 Å². The molecular formula is C21H23P. The van der Waals surface area contributed by atoms with Crippen molar-refractivity contribution in [1.29, 1.82) is 0 Å². The van der Waals surface area contributed by atoms with Crippen LogP contribution < -0.4 is 5.30 Å². The minimum absolute atomic E-state index is 0.0164. The maximum atomic E-state index is 2.46. The van der Waals surface area contributed by atoms with E-state index < -0.39 is 0 Å². The van der Waals surface area contributed by atoms with Gasteiger partial charge in [-0.05, 0) is 58.1 Å². The molecule has 112 valence electrons. The Kier molecular flexibility index (Phi) is 3.66. The van der Waals surface area contributed by atoms with Crippen LogP contribution in [0.2, 0.25) is 0 Å². The highest BCUT2D eigenvalue weighted by Gasteiger charge is 2.32. The highest BCUT2D eigenvalue weighted by Crippen LogP contribution is 2.55. The Balaban J connectivity index is 1.83. The van der Waals surface area contributed by atoms with Crippen molar-refractivity contribution in [2.24, 2.45) is 0 Å². The molecule has 1 fully saturated rings. The van der Waals surface area contributed by atoms with E-state index in [4.69, 9.17) is 0 Å². The first-order valence-corrected chi connectivity index (χ1v) is 9.88. The van der Waals surface area contributed by atoms with E-state index in [9.17, 15) is 0 Å². The van der Waals surface area contributed by atoms with Gasteiger partial charge in [0.05, 0.1) is 0 Å². The molecule has 2 aromatic rings. The normalized spacial score (nSPS) is 23.9. The molecule has 0 aromatic heterocycles. The fourth-order valence-corrected chi connectivity index (χ4v) is 7.50.